The predicted octanol–water partition coefficient (Wildman–Crippen LogP) is 0.0599. The maximum atomic E-state index is 10.6. The van der Waals surface area contributed by atoms with Crippen molar-refractivity contribution in [2.45, 2.75) is 20.0 Å². The van der Waals surface area contributed by atoms with Gasteiger partial charge in [0.25, 0.3) is 0 Å². The second kappa shape index (κ2) is 3.36. The van der Waals surface area contributed by atoms with Gasteiger partial charge in [-0.3, -0.25) is 0 Å². The lowest BCUT2D eigenvalue weighted by Gasteiger charge is -2.03. The first-order chi connectivity index (χ1) is 5.70. The summed E-state index contributed by atoms with van der Waals surface area (Å²) in [7, 11) is 0. The number of nitrogens with zero attached hydrogens (tertiary/aromatic N) is 2. The second-order valence-electron chi connectivity index (χ2n) is 2.33. The van der Waals surface area contributed by atoms with Gasteiger partial charge in [0.2, 0.25) is 5.82 Å². The normalized spacial score (nSPS) is 10.2. The van der Waals surface area contributed by atoms with E-state index in [1.807, 2.05) is 6.92 Å². The first kappa shape index (κ1) is 8.73. The zero-order valence-electron chi connectivity index (χ0n) is 6.82. The molecule has 5 heteroatoms. The molecule has 0 saturated carbocycles. The van der Waals surface area contributed by atoms with Gasteiger partial charge >= 0.3 is 5.97 Å². The fourth-order valence-corrected chi connectivity index (χ4v) is 1.10. The number of nitrogens with two attached hydrogens (primary N) is 1. The van der Waals surface area contributed by atoms with Crippen LogP contribution < -0.4 is 5.73 Å². The second-order valence-corrected chi connectivity index (χ2v) is 2.33. The van der Waals surface area contributed by atoms with Gasteiger partial charge in [0.15, 0.2) is 0 Å². The first-order valence-corrected chi connectivity index (χ1v) is 3.68. The highest BCUT2D eigenvalue weighted by molar-refractivity contribution is 5.83. The minimum atomic E-state index is -1.02. The Morgan fingerprint density at radius 2 is 2.50 bits per heavy atom. The summed E-state index contributed by atoms with van der Waals surface area (Å²) in [4.78, 5) is 14.3. The van der Waals surface area contributed by atoms with Crippen LogP contribution >= 0.6 is 0 Å². The summed E-state index contributed by atoms with van der Waals surface area (Å²) in [6.45, 7) is 2.75. The molecule has 1 heterocycles. The summed E-state index contributed by atoms with van der Waals surface area (Å²) in [6, 6.07) is 0. The Bertz CT molecular complexity index is 293. The Labute approximate surface area is 69.8 Å². The van der Waals surface area contributed by atoms with E-state index in [9.17, 15) is 4.79 Å². The van der Waals surface area contributed by atoms with Crippen LogP contribution in [-0.2, 0) is 13.1 Å². The highest BCUT2D eigenvalue weighted by Crippen LogP contribution is 2.04. The van der Waals surface area contributed by atoms with E-state index in [0.717, 1.165) is 5.69 Å². The SMILES string of the molecule is CCn1c(CN)cnc1C(=O)O. The van der Waals surface area contributed by atoms with Gasteiger partial charge in [-0.15, -0.1) is 0 Å². The highest BCUT2D eigenvalue weighted by Gasteiger charge is 2.12. The summed E-state index contributed by atoms with van der Waals surface area (Å²) in [6.07, 6.45) is 1.49. The zero-order chi connectivity index (χ0) is 9.14. The van der Waals surface area contributed by atoms with Crippen molar-refractivity contribution < 1.29 is 9.90 Å². The van der Waals surface area contributed by atoms with E-state index in [1.165, 1.54) is 6.20 Å². The van der Waals surface area contributed by atoms with Crippen LogP contribution in [0.1, 0.15) is 23.2 Å². The van der Waals surface area contributed by atoms with Gasteiger partial charge in [-0.25, -0.2) is 9.78 Å². The number of aromatic carboxylic acids is 1. The molecule has 0 unspecified atom stereocenters. The number of imidazole rings is 1. The lowest BCUT2D eigenvalue weighted by Crippen LogP contribution is -2.12. The molecule has 0 aliphatic rings. The lowest BCUT2D eigenvalue weighted by molar-refractivity contribution is 0.0678. The van der Waals surface area contributed by atoms with Crippen molar-refractivity contribution in [3.63, 3.8) is 0 Å². The minimum absolute atomic E-state index is 0.0537. The summed E-state index contributed by atoms with van der Waals surface area (Å²) in [5, 5.41) is 8.68. The summed E-state index contributed by atoms with van der Waals surface area (Å²) in [5.74, 6) is -0.963. The average Bonchev–Trinajstić information content (AvgIpc) is 2.46. The molecule has 0 saturated heterocycles. The fraction of sp³-hybridized carbons (Fsp3) is 0.429. The van der Waals surface area contributed by atoms with Crippen molar-refractivity contribution in [1.82, 2.24) is 9.55 Å². The number of hydrogen-bond acceptors (Lipinski definition) is 3. The molecule has 0 aliphatic carbocycles. The van der Waals surface area contributed by atoms with Gasteiger partial charge in [-0.1, -0.05) is 0 Å². The third-order valence-corrected chi connectivity index (χ3v) is 1.65. The monoisotopic (exact) mass is 169 g/mol. The molecule has 1 rings (SSSR count). The molecule has 0 radical (unpaired) electrons. The molecule has 0 amide bonds. The van der Waals surface area contributed by atoms with Gasteiger partial charge < -0.3 is 15.4 Å². The van der Waals surface area contributed by atoms with E-state index in [2.05, 4.69) is 4.98 Å². The smallest absolute Gasteiger partial charge is 0.372 e. The fourth-order valence-electron chi connectivity index (χ4n) is 1.10. The number of carboxylic acids is 1. The van der Waals surface area contributed by atoms with Crippen molar-refractivity contribution in [2.75, 3.05) is 0 Å². The van der Waals surface area contributed by atoms with E-state index in [4.69, 9.17) is 10.8 Å². The average molecular weight is 169 g/mol. The van der Waals surface area contributed by atoms with Gasteiger partial charge in [-0.2, -0.15) is 0 Å². The zero-order valence-corrected chi connectivity index (χ0v) is 6.82. The molecular weight excluding hydrogens is 158 g/mol. The molecule has 0 fully saturated rings. The summed E-state index contributed by atoms with van der Waals surface area (Å²) < 4.78 is 1.59. The predicted molar refractivity (Wildman–Crippen MR) is 42.8 cm³/mol. The molecule has 12 heavy (non-hydrogen) atoms. The Morgan fingerprint density at radius 3 is 2.92 bits per heavy atom. The molecule has 1 aromatic heterocycles. The number of carboxylic acid groups (broad SMARTS) is 1. The van der Waals surface area contributed by atoms with Crippen LogP contribution in [0.15, 0.2) is 6.20 Å². The van der Waals surface area contributed by atoms with E-state index in [0.29, 0.717) is 13.1 Å². The number of rotatable bonds is 3. The highest BCUT2D eigenvalue weighted by atomic mass is 16.4. The third kappa shape index (κ3) is 1.31. The van der Waals surface area contributed by atoms with Gasteiger partial charge in [-0.05, 0) is 6.92 Å². The van der Waals surface area contributed by atoms with Crippen LogP contribution in [0.25, 0.3) is 0 Å². The maximum absolute atomic E-state index is 10.6. The third-order valence-electron chi connectivity index (χ3n) is 1.65. The molecule has 66 valence electrons. The number of aromatic nitrogens is 2. The molecule has 0 spiro atoms. The van der Waals surface area contributed by atoms with E-state index in [-0.39, 0.29) is 5.82 Å². The minimum Gasteiger partial charge on any atom is -0.475 e. The van der Waals surface area contributed by atoms with Crippen LogP contribution in [-0.4, -0.2) is 20.6 Å². The van der Waals surface area contributed by atoms with E-state index >= 15 is 0 Å². The van der Waals surface area contributed by atoms with Crippen LogP contribution in [0.3, 0.4) is 0 Å². The topological polar surface area (TPSA) is 81.1 Å². The molecule has 0 aliphatic heterocycles. The largest absolute Gasteiger partial charge is 0.475 e. The van der Waals surface area contributed by atoms with E-state index in [1.54, 1.807) is 4.57 Å². The van der Waals surface area contributed by atoms with Crippen LogP contribution in [0, 0.1) is 0 Å². The summed E-state index contributed by atoms with van der Waals surface area (Å²) in [5.41, 5.74) is 6.13. The lowest BCUT2D eigenvalue weighted by atomic mass is 10.4. The number of carbonyl (C=O) groups is 1. The standard InChI is InChI=1S/C7H11N3O2/c1-2-10-5(3-8)4-9-6(10)7(11)12/h4H,2-3,8H2,1H3,(H,11,12). The summed E-state index contributed by atoms with van der Waals surface area (Å²) >= 11 is 0. The van der Waals surface area contributed by atoms with Crippen LogP contribution in [0.4, 0.5) is 0 Å². The van der Waals surface area contributed by atoms with Crippen molar-refractivity contribution >= 4 is 5.97 Å². The Hall–Kier alpha value is -1.36. The van der Waals surface area contributed by atoms with Crippen molar-refractivity contribution in [3.8, 4) is 0 Å². The van der Waals surface area contributed by atoms with Crippen LogP contribution in [0.2, 0.25) is 0 Å². The van der Waals surface area contributed by atoms with E-state index < -0.39 is 5.97 Å². The quantitative estimate of drug-likeness (QED) is 0.670. The molecular formula is C7H11N3O2. The van der Waals surface area contributed by atoms with Gasteiger partial charge in [0.1, 0.15) is 0 Å². The Morgan fingerprint density at radius 1 is 1.83 bits per heavy atom. The maximum Gasteiger partial charge on any atom is 0.372 e. The molecule has 0 bridgehead atoms. The van der Waals surface area contributed by atoms with Crippen molar-refractivity contribution in [2.24, 2.45) is 5.73 Å². The first-order valence-electron chi connectivity index (χ1n) is 3.68. The molecule has 5 nitrogen and oxygen atoms in total. The molecule has 0 atom stereocenters. The van der Waals surface area contributed by atoms with Crippen molar-refractivity contribution in [3.05, 3.63) is 17.7 Å². The molecule has 0 aromatic carbocycles. The van der Waals surface area contributed by atoms with Crippen molar-refractivity contribution in [1.29, 1.82) is 0 Å². The Balaban J connectivity index is 3.13. The molecule has 3 N–H and O–H groups in total. The molecule has 1 aromatic rings. The number of hydrogen-bond donors (Lipinski definition) is 2. The Kier molecular flexibility index (Phi) is 2.44. The van der Waals surface area contributed by atoms with Crippen LogP contribution in [0.5, 0.6) is 0 Å². The van der Waals surface area contributed by atoms with Gasteiger partial charge in [0.05, 0.1) is 11.9 Å². The van der Waals surface area contributed by atoms with Gasteiger partial charge in [0, 0.05) is 13.1 Å².